The molecule has 2 fully saturated rings. The van der Waals surface area contributed by atoms with Gasteiger partial charge in [-0.25, -0.2) is 28.9 Å². The van der Waals surface area contributed by atoms with Gasteiger partial charge in [0.15, 0.2) is 15.8 Å². The molecule has 4 aromatic rings. The van der Waals surface area contributed by atoms with Gasteiger partial charge in [0.1, 0.15) is 12.0 Å². The summed E-state index contributed by atoms with van der Waals surface area (Å²) in [6.07, 6.45) is 13.0. The molecule has 52 heavy (non-hydrogen) atoms. The minimum atomic E-state index is -0.446. The molecular formula is C32H31BN11O6S2. The average molecular weight is 741 g/mol. The standard InChI is InChI=1S/C17H16BN6O4S.C15H15N5O2S/c1-2-6-28-24-13-8-12(9-21(10-13)17(24)27)22-5-3-14(20-22)23(18-11-25)16(26)15-19-4-7-29-15;1-18-11-7-12(9-19(8-11)15(18)22)20-4-2-10(17-20)6-13(21)14-16-3-5-23-14/h2-5,7-8,11,13H,1,6,9-10H2;2-5,7,11H,6,8-9H2,1H3. The number of hydrogen-bond acceptors (Lipinski definition) is 12. The highest BCUT2D eigenvalue weighted by Crippen LogP contribution is 2.28. The van der Waals surface area contributed by atoms with E-state index in [1.54, 1.807) is 54.5 Å². The summed E-state index contributed by atoms with van der Waals surface area (Å²) >= 11 is 2.51. The Balaban J connectivity index is 0.000000166. The van der Waals surface area contributed by atoms with Gasteiger partial charge in [-0.05, 0) is 18.2 Å². The van der Waals surface area contributed by atoms with Gasteiger partial charge in [-0.2, -0.15) is 15.3 Å². The van der Waals surface area contributed by atoms with Gasteiger partial charge in [-0.1, -0.05) is 6.08 Å². The molecule has 2 atom stereocenters. The SMILES string of the molecule is C=CCON1C(=O)N2CC(n3ccc(N([B]C=O)C(=O)c4nccs4)n3)=CC1C2.CN1C(=O)N2CC(n3ccc(CC(=O)c4nccs4)n3)=CC1C2. The Labute approximate surface area is 305 Å². The Kier molecular flexibility index (Phi) is 9.92. The monoisotopic (exact) mass is 740 g/mol. The van der Waals surface area contributed by atoms with Gasteiger partial charge in [0.25, 0.3) is 5.91 Å². The molecule has 265 valence electrons. The Bertz CT molecular complexity index is 2060. The van der Waals surface area contributed by atoms with Crippen LogP contribution in [0.1, 0.15) is 25.3 Å². The van der Waals surface area contributed by atoms with Gasteiger partial charge in [0.2, 0.25) is 0 Å². The molecule has 2 saturated heterocycles. The van der Waals surface area contributed by atoms with Crippen molar-refractivity contribution in [2.75, 3.05) is 44.6 Å². The van der Waals surface area contributed by atoms with Crippen molar-refractivity contribution in [1.29, 1.82) is 0 Å². The highest BCUT2D eigenvalue weighted by molar-refractivity contribution is 7.12. The molecule has 4 aromatic heterocycles. The van der Waals surface area contributed by atoms with E-state index in [2.05, 4.69) is 32.8 Å². The third kappa shape index (κ3) is 6.94. The van der Waals surface area contributed by atoms with E-state index in [1.165, 1.54) is 33.9 Å². The summed E-state index contributed by atoms with van der Waals surface area (Å²) in [6.45, 7) is 5.98. The summed E-state index contributed by atoms with van der Waals surface area (Å²) in [5.74, 6) is -0.197. The van der Waals surface area contributed by atoms with Crippen molar-refractivity contribution in [2.24, 2.45) is 0 Å². The number of ketones is 1. The lowest BCUT2D eigenvalue weighted by molar-refractivity contribution is -0.107. The van der Waals surface area contributed by atoms with Crippen LogP contribution in [0, 0.1) is 0 Å². The number of urea groups is 2. The summed E-state index contributed by atoms with van der Waals surface area (Å²) in [5.41, 5.74) is 2.43. The van der Waals surface area contributed by atoms with E-state index >= 15 is 0 Å². The maximum absolute atomic E-state index is 12.6. The number of amides is 5. The minimum absolute atomic E-state index is 0.0263. The predicted molar refractivity (Wildman–Crippen MR) is 192 cm³/mol. The van der Waals surface area contributed by atoms with Crippen LogP contribution in [0.5, 0.6) is 0 Å². The number of hydrogen-bond donors (Lipinski definition) is 0. The molecule has 5 amide bonds. The van der Waals surface area contributed by atoms with Crippen LogP contribution in [-0.2, 0) is 16.1 Å². The first-order valence-electron chi connectivity index (χ1n) is 16.0. The number of fused-ring (bicyclic) bond motifs is 4. The first kappa shape index (κ1) is 34.7. The second kappa shape index (κ2) is 14.9. The summed E-state index contributed by atoms with van der Waals surface area (Å²) in [6, 6.07) is 3.14. The normalized spacial score (nSPS) is 18.9. The number of Topliss-reactive ketones (excluding diaryl/α,β-unsaturated/α-hetero) is 1. The van der Waals surface area contributed by atoms with Crippen molar-refractivity contribution in [3.8, 4) is 0 Å². The number of anilines is 1. The lowest BCUT2D eigenvalue weighted by Gasteiger charge is -2.21. The van der Waals surface area contributed by atoms with Gasteiger partial charge in [0, 0.05) is 61.8 Å². The van der Waals surface area contributed by atoms with Crippen LogP contribution >= 0.6 is 22.7 Å². The zero-order chi connectivity index (χ0) is 36.4. The van der Waals surface area contributed by atoms with Crippen LogP contribution < -0.4 is 4.81 Å². The number of nitrogens with zero attached hydrogens (tertiary/aromatic N) is 11. The summed E-state index contributed by atoms with van der Waals surface area (Å²) < 4.78 is 3.34. The van der Waals surface area contributed by atoms with Crippen molar-refractivity contribution in [2.45, 2.75) is 18.5 Å². The maximum atomic E-state index is 12.6. The van der Waals surface area contributed by atoms with Crippen LogP contribution in [0.15, 0.2) is 72.5 Å². The zero-order valence-electron chi connectivity index (χ0n) is 27.8. The molecule has 1 radical (unpaired) electrons. The van der Waals surface area contributed by atoms with Crippen molar-refractivity contribution in [3.05, 3.63) is 88.2 Å². The van der Waals surface area contributed by atoms with Crippen molar-refractivity contribution in [1.82, 2.24) is 49.3 Å². The fourth-order valence-corrected chi connectivity index (χ4v) is 7.23. The summed E-state index contributed by atoms with van der Waals surface area (Å²) in [7, 11) is 2.92. The molecule has 17 nitrogen and oxygen atoms in total. The van der Waals surface area contributed by atoms with Gasteiger partial charge in [-0.3, -0.25) is 14.4 Å². The molecule has 0 spiro atoms. The largest absolute Gasteiger partial charge is 0.345 e. The second-order valence-electron chi connectivity index (χ2n) is 11.9. The lowest BCUT2D eigenvalue weighted by Crippen LogP contribution is -2.36. The first-order valence-corrected chi connectivity index (χ1v) is 17.8. The molecule has 0 aliphatic carbocycles. The zero-order valence-corrected chi connectivity index (χ0v) is 29.4. The summed E-state index contributed by atoms with van der Waals surface area (Å²) in [4.78, 5) is 80.0. The number of thiazole rings is 2. The van der Waals surface area contributed by atoms with E-state index in [1.807, 2.05) is 30.3 Å². The second-order valence-corrected chi connectivity index (χ2v) is 13.7. The van der Waals surface area contributed by atoms with Crippen molar-refractivity contribution >= 4 is 77.2 Å². The highest BCUT2D eigenvalue weighted by Gasteiger charge is 2.41. The molecule has 0 saturated carbocycles. The maximum Gasteiger partial charge on any atom is 0.345 e. The van der Waals surface area contributed by atoms with Crippen molar-refractivity contribution < 1.29 is 28.8 Å². The van der Waals surface area contributed by atoms with Crippen LogP contribution in [0.2, 0.25) is 0 Å². The smallest absolute Gasteiger partial charge is 0.331 e. The Morgan fingerprint density at radius 1 is 0.962 bits per heavy atom. The number of aromatic nitrogens is 6. The number of carbonyl (C=O) groups is 5. The molecule has 8 rings (SSSR count). The van der Waals surface area contributed by atoms with E-state index in [4.69, 9.17) is 4.84 Å². The van der Waals surface area contributed by atoms with Gasteiger partial charge in [-0.15, -0.1) is 29.3 Å². The third-order valence-electron chi connectivity index (χ3n) is 8.56. The van der Waals surface area contributed by atoms with E-state index in [-0.39, 0.29) is 53.8 Å². The Morgan fingerprint density at radius 2 is 1.62 bits per heavy atom. The predicted octanol–water partition coefficient (Wildman–Crippen LogP) is 2.23. The molecule has 4 aliphatic rings. The van der Waals surface area contributed by atoms with Crippen molar-refractivity contribution in [3.63, 3.8) is 0 Å². The molecule has 8 heterocycles. The van der Waals surface area contributed by atoms with E-state index in [0.29, 0.717) is 36.5 Å². The topological polar surface area (TPSA) is 172 Å². The number of likely N-dealkylation sites (N-methyl/N-ethyl adjacent to an activating group) is 1. The van der Waals surface area contributed by atoms with Gasteiger partial charge >= 0.3 is 19.5 Å². The molecule has 0 aromatic carbocycles. The number of carbonyl (C=O) groups excluding carboxylic acids is 5. The highest BCUT2D eigenvalue weighted by atomic mass is 32.1. The Hall–Kier alpha value is -5.73. The molecule has 0 N–H and O–H groups in total. The molecule has 4 bridgehead atoms. The van der Waals surface area contributed by atoms with E-state index in [0.717, 1.165) is 30.2 Å². The molecule has 2 unspecified atom stereocenters. The van der Waals surface area contributed by atoms with Crippen LogP contribution in [0.3, 0.4) is 0 Å². The van der Waals surface area contributed by atoms with E-state index < -0.39 is 5.91 Å². The summed E-state index contributed by atoms with van der Waals surface area (Å²) in [5, 5.41) is 14.5. The van der Waals surface area contributed by atoms with Crippen LogP contribution in [-0.4, -0.2) is 139 Å². The average Bonchev–Trinajstić information content (AvgIpc) is 4.02. The van der Waals surface area contributed by atoms with Crippen LogP contribution in [0.25, 0.3) is 11.4 Å². The van der Waals surface area contributed by atoms with Crippen LogP contribution in [0.4, 0.5) is 15.4 Å². The molecular weight excluding hydrogens is 709 g/mol. The van der Waals surface area contributed by atoms with Gasteiger partial charge in [0.05, 0.1) is 55.3 Å². The molecule has 20 heteroatoms. The number of hydroxylamine groups is 2. The lowest BCUT2D eigenvalue weighted by atomic mass is 9.94. The fraction of sp³-hybridized carbons (Fsp3) is 0.281. The third-order valence-corrected chi connectivity index (χ3v) is 10.1. The number of rotatable bonds is 12. The fourth-order valence-electron chi connectivity index (χ4n) is 6.08. The Morgan fingerprint density at radius 3 is 2.29 bits per heavy atom. The molecule has 4 aliphatic heterocycles. The minimum Gasteiger partial charge on any atom is -0.331 e. The quantitative estimate of drug-likeness (QED) is 0.0908. The first-order chi connectivity index (χ1) is 25.2. The van der Waals surface area contributed by atoms with E-state index in [9.17, 15) is 24.0 Å². The van der Waals surface area contributed by atoms with Gasteiger partial charge < -0.3 is 24.3 Å².